The maximum absolute atomic E-state index is 12.1. The average Bonchev–Trinajstić information content (AvgIpc) is 2.39. The van der Waals surface area contributed by atoms with Crippen molar-refractivity contribution in [2.24, 2.45) is 5.92 Å². The lowest BCUT2D eigenvalue weighted by molar-refractivity contribution is -0.127. The lowest BCUT2D eigenvalue weighted by Gasteiger charge is -2.36. The number of hydrogen-bond donors (Lipinski definition) is 1. The van der Waals surface area contributed by atoms with E-state index in [0.29, 0.717) is 5.92 Å². The van der Waals surface area contributed by atoms with E-state index < -0.39 is 11.1 Å². The van der Waals surface area contributed by atoms with Gasteiger partial charge in [-0.2, -0.15) is 5.26 Å². The Bertz CT molecular complexity index is 350. The molecule has 108 valence electrons. The highest BCUT2D eigenvalue weighted by atomic mass is 16.5. The van der Waals surface area contributed by atoms with Crippen molar-refractivity contribution in [3.63, 3.8) is 0 Å². The molecule has 4 heteroatoms. The molecule has 0 saturated heterocycles. The summed E-state index contributed by atoms with van der Waals surface area (Å²) in [4.78, 5) is 12.1. The van der Waals surface area contributed by atoms with Crippen molar-refractivity contribution in [1.29, 1.82) is 5.26 Å². The molecule has 4 nitrogen and oxygen atoms in total. The molecule has 0 aromatic carbocycles. The van der Waals surface area contributed by atoms with Gasteiger partial charge in [-0.15, -0.1) is 0 Å². The number of ether oxygens (including phenoxy) is 1. The predicted octanol–water partition coefficient (Wildman–Crippen LogP) is 2.78. The molecule has 0 unspecified atom stereocenters. The van der Waals surface area contributed by atoms with Crippen LogP contribution in [0.5, 0.6) is 0 Å². The van der Waals surface area contributed by atoms with Crippen molar-refractivity contribution in [1.82, 2.24) is 5.32 Å². The smallest absolute Gasteiger partial charge is 0.224 e. The molecular weight excluding hydrogens is 240 g/mol. The number of carbonyl (C=O) groups excluding carboxylic acids is 1. The van der Waals surface area contributed by atoms with Crippen molar-refractivity contribution in [2.75, 3.05) is 7.11 Å². The number of nitriles is 1. The maximum Gasteiger partial charge on any atom is 0.224 e. The van der Waals surface area contributed by atoms with Gasteiger partial charge in [-0.25, -0.2) is 0 Å². The first-order chi connectivity index (χ1) is 8.86. The van der Waals surface area contributed by atoms with E-state index in [9.17, 15) is 10.1 Å². The zero-order valence-electron chi connectivity index (χ0n) is 12.6. The van der Waals surface area contributed by atoms with Crippen LogP contribution < -0.4 is 5.32 Å². The predicted molar refractivity (Wildman–Crippen MR) is 74.4 cm³/mol. The van der Waals surface area contributed by atoms with E-state index in [0.717, 1.165) is 32.1 Å². The monoisotopic (exact) mass is 266 g/mol. The zero-order chi connectivity index (χ0) is 14.5. The number of methoxy groups -OCH3 is 1. The summed E-state index contributed by atoms with van der Waals surface area (Å²) < 4.78 is 5.25. The Balaban J connectivity index is 2.58. The molecule has 0 radical (unpaired) electrons. The topological polar surface area (TPSA) is 62.1 Å². The SMILES string of the molecule is CCC1CCC(C#N)(NC(=O)CC(C)(C)OC)CC1. The third-order valence-electron chi connectivity index (χ3n) is 4.27. The van der Waals surface area contributed by atoms with E-state index in [1.54, 1.807) is 7.11 Å². The molecule has 1 amide bonds. The number of hydrogen-bond acceptors (Lipinski definition) is 3. The van der Waals surface area contributed by atoms with Crippen LogP contribution in [0.3, 0.4) is 0 Å². The molecule has 0 atom stereocenters. The fourth-order valence-corrected chi connectivity index (χ4v) is 2.61. The van der Waals surface area contributed by atoms with Crippen LogP contribution in [-0.2, 0) is 9.53 Å². The Hall–Kier alpha value is -1.08. The molecule has 0 heterocycles. The van der Waals surface area contributed by atoms with E-state index >= 15 is 0 Å². The molecule has 0 aromatic heterocycles. The van der Waals surface area contributed by atoms with Gasteiger partial charge in [-0.3, -0.25) is 4.79 Å². The van der Waals surface area contributed by atoms with Crippen LogP contribution in [0.1, 0.15) is 59.3 Å². The van der Waals surface area contributed by atoms with Gasteiger partial charge in [-0.1, -0.05) is 13.3 Å². The van der Waals surface area contributed by atoms with Gasteiger partial charge >= 0.3 is 0 Å². The lowest BCUT2D eigenvalue weighted by atomic mass is 9.76. The molecule has 1 aliphatic rings. The van der Waals surface area contributed by atoms with Crippen molar-refractivity contribution < 1.29 is 9.53 Å². The summed E-state index contributed by atoms with van der Waals surface area (Å²) in [5.74, 6) is 0.608. The van der Waals surface area contributed by atoms with E-state index in [4.69, 9.17) is 4.74 Å². The minimum Gasteiger partial charge on any atom is -0.378 e. The number of amides is 1. The molecule has 19 heavy (non-hydrogen) atoms. The van der Waals surface area contributed by atoms with Crippen molar-refractivity contribution in [3.05, 3.63) is 0 Å². The van der Waals surface area contributed by atoms with Crippen LogP contribution in [-0.4, -0.2) is 24.2 Å². The van der Waals surface area contributed by atoms with Gasteiger partial charge in [0.05, 0.1) is 18.1 Å². The van der Waals surface area contributed by atoms with Crippen LogP contribution in [0, 0.1) is 17.2 Å². The molecular formula is C15H26N2O2. The van der Waals surface area contributed by atoms with Crippen LogP contribution in [0.25, 0.3) is 0 Å². The number of rotatable bonds is 5. The Morgan fingerprint density at radius 2 is 2.05 bits per heavy atom. The molecule has 1 rings (SSSR count). The summed E-state index contributed by atoms with van der Waals surface area (Å²) in [6.07, 6.45) is 5.02. The summed E-state index contributed by atoms with van der Waals surface area (Å²) in [6.45, 7) is 5.93. The first-order valence-electron chi connectivity index (χ1n) is 7.14. The normalized spacial score (nSPS) is 27.6. The Morgan fingerprint density at radius 3 is 2.47 bits per heavy atom. The third-order valence-corrected chi connectivity index (χ3v) is 4.27. The Labute approximate surface area is 116 Å². The lowest BCUT2D eigenvalue weighted by Crippen LogP contribution is -2.51. The van der Waals surface area contributed by atoms with Gasteiger partial charge < -0.3 is 10.1 Å². The minimum absolute atomic E-state index is 0.0941. The van der Waals surface area contributed by atoms with E-state index in [1.807, 2.05) is 13.8 Å². The molecule has 1 aliphatic carbocycles. The van der Waals surface area contributed by atoms with Crippen LogP contribution >= 0.6 is 0 Å². The van der Waals surface area contributed by atoms with E-state index in [1.165, 1.54) is 0 Å². The first kappa shape index (κ1) is 16.0. The van der Waals surface area contributed by atoms with Crippen molar-refractivity contribution in [2.45, 2.75) is 70.4 Å². The minimum atomic E-state index is -0.660. The second kappa shape index (κ2) is 6.38. The van der Waals surface area contributed by atoms with Crippen LogP contribution in [0.4, 0.5) is 0 Å². The van der Waals surface area contributed by atoms with E-state index in [-0.39, 0.29) is 12.3 Å². The second-order valence-corrected chi connectivity index (χ2v) is 6.23. The fourth-order valence-electron chi connectivity index (χ4n) is 2.61. The number of nitrogens with zero attached hydrogens (tertiary/aromatic N) is 1. The van der Waals surface area contributed by atoms with Gasteiger partial charge in [0.15, 0.2) is 0 Å². The number of carbonyl (C=O) groups is 1. The van der Waals surface area contributed by atoms with Gasteiger partial charge in [-0.05, 0) is 45.4 Å². The van der Waals surface area contributed by atoms with E-state index in [2.05, 4.69) is 18.3 Å². The second-order valence-electron chi connectivity index (χ2n) is 6.23. The Kier molecular flexibility index (Phi) is 5.37. The highest BCUT2D eigenvalue weighted by molar-refractivity contribution is 5.78. The standard InChI is InChI=1S/C15H26N2O2/c1-5-12-6-8-15(11-16,9-7-12)17-13(18)10-14(2,3)19-4/h12H,5-10H2,1-4H3,(H,17,18). The summed E-state index contributed by atoms with van der Waals surface area (Å²) in [7, 11) is 1.60. The summed E-state index contributed by atoms with van der Waals surface area (Å²) >= 11 is 0. The molecule has 0 aromatic rings. The molecule has 1 N–H and O–H groups in total. The summed E-state index contributed by atoms with van der Waals surface area (Å²) in [5.41, 5.74) is -1.14. The van der Waals surface area contributed by atoms with Gasteiger partial charge in [0.2, 0.25) is 5.91 Å². The zero-order valence-corrected chi connectivity index (χ0v) is 12.6. The quantitative estimate of drug-likeness (QED) is 0.832. The van der Waals surface area contributed by atoms with Gasteiger partial charge in [0.1, 0.15) is 5.54 Å². The van der Waals surface area contributed by atoms with Crippen LogP contribution in [0.15, 0.2) is 0 Å². The maximum atomic E-state index is 12.1. The number of nitrogens with one attached hydrogen (secondary N) is 1. The molecule has 0 aliphatic heterocycles. The molecule has 1 fully saturated rings. The summed E-state index contributed by atoms with van der Waals surface area (Å²) in [6, 6.07) is 2.32. The fraction of sp³-hybridized carbons (Fsp3) is 0.867. The van der Waals surface area contributed by atoms with Crippen molar-refractivity contribution in [3.8, 4) is 6.07 Å². The average molecular weight is 266 g/mol. The molecule has 0 bridgehead atoms. The highest BCUT2D eigenvalue weighted by Gasteiger charge is 2.37. The van der Waals surface area contributed by atoms with Gasteiger partial charge in [0, 0.05) is 7.11 Å². The first-order valence-corrected chi connectivity index (χ1v) is 7.14. The molecule has 0 spiro atoms. The molecule has 1 saturated carbocycles. The van der Waals surface area contributed by atoms with Crippen molar-refractivity contribution >= 4 is 5.91 Å². The van der Waals surface area contributed by atoms with Gasteiger partial charge in [0.25, 0.3) is 0 Å². The summed E-state index contributed by atoms with van der Waals surface area (Å²) in [5, 5.41) is 12.3. The highest BCUT2D eigenvalue weighted by Crippen LogP contribution is 2.33. The third kappa shape index (κ3) is 4.50. The largest absolute Gasteiger partial charge is 0.378 e. The Morgan fingerprint density at radius 1 is 1.47 bits per heavy atom. The van der Waals surface area contributed by atoms with Crippen LogP contribution in [0.2, 0.25) is 0 Å².